The first-order valence-electron chi connectivity index (χ1n) is 7.75. The molecule has 0 aliphatic carbocycles. The van der Waals surface area contributed by atoms with Crippen LogP contribution >= 0.6 is 0 Å². The Morgan fingerprint density at radius 2 is 1.74 bits per heavy atom. The molecule has 2 aromatic carbocycles. The summed E-state index contributed by atoms with van der Waals surface area (Å²) in [4.78, 5) is 2.07. The first kappa shape index (κ1) is 14.9. The minimum Gasteiger partial charge on any atom is -0.377 e. The van der Waals surface area contributed by atoms with Crippen LogP contribution in [0.2, 0.25) is 0 Å². The van der Waals surface area contributed by atoms with E-state index in [9.17, 15) is 5.26 Å². The lowest BCUT2D eigenvalue weighted by molar-refractivity contribution is 0.499. The van der Waals surface area contributed by atoms with Crippen molar-refractivity contribution in [1.82, 2.24) is 4.90 Å². The van der Waals surface area contributed by atoms with Gasteiger partial charge in [-0.1, -0.05) is 54.6 Å². The number of anilines is 1. The predicted molar refractivity (Wildman–Crippen MR) is 93.3 cm³/mol. The lowest BCUT2D eigenvalue weighted by Crippen LogP contribution is -2.21. The van der Waals surface area contributed by atoms with Crippen LogP contribution in [0.4, 0.5) is 5.69 Å². The second-order valence-corrected chi connectivity index (χ2v) is 5.54. The van der Waals surface area contributed by atoms with Gasteiger partial charge in [0.05, 0.1) is 17.7 Å². The molecular weight excluding hydrogens is 282 g/mol. The van der Waals surface area contributed by atoms with E-state index in [-0.39, 0.29) is 6.04 Å². The SMILES string of the molecule is N#CC1=CN(Cc2ccccc2)C=CC[C@@H]1Nc1ccccc1. The third kappa shape index (κ3) is 4.02. The summed E-state index contributed by atoms with van der Waals surface area (Å²) in [6.07, 6.45) is 6.90. The molecule has 3 heteroatoms. The van der Waals surface area contributed by atoms with Gasteiger partial charge in [-0.15, -0.1) is 0 Å². The van der Waals surface area contributed by atoms with Gasteiger partial charge in [-0.2, -0.15) is 5.26 Å². The second-order valence-electron chi connectivity index (χ2n) is 5.54. The summed E-state index contributed by atoms with van der Waals surface area (Å²) in [5.41, 5.74) is 3.00. The van der Waals surface area contributed by atoms with Crippen LogP contribution in [0.5, 0.6) is 0 Å². The molecule has 0 radical (unpaired) electrons. The van der Waals surface area contributed by atoms with Crippen molar-refractivity contribution >= 4 is 5.69 Å². The smallest absolute Gasteiger partial charge is 0.0984 e. The third-order valence-electron chi connectivity index (χ3n) is 3.80. The fourth-order valence-electron chi connectivity index (χ4n) is 2.64. The molecule has 0 fully saturated rings. The van der Waals surface area contributed by atoms with E-state index in [1.165, 1.54) is 5.56 Å². The molecule has 1 aliphatic rings. The van der Waals surface area contributed by atoms with E-state index in [0.717, 1.165) is 24.2 Å². The zero-order chi connectivity index (χ0) is 15.9. The zero-order valence-electron chi connectivity index (χ0n) is 12.9. The van der Waals surface area contributed by atoms with Crippen molar-refractivity contribution in [3.63, 3.8) is 0 Å². The van der Waals surface area contributed by atoms with Crippen LogP contribution in [0, 0.1) is 11.3 Å². The average molecular weight is 301 g/mol. The monoisotopic (exact) mass is 301 g/mol. The summed E-state index contributed by atoms with van der Waals surface area (Å²) in [6, 6.07) is 22.6. The lowest BCUT2D eigenvalue weighted by atomic mass is 10.1. The van der Waals surface area contributed by atoms with Crippen molar-refractivity contribution in [3.8, 4) is 6.07 Å². The minimum absolute atomic E-state index is 0.000534. The van der Waals surface area contributed by atoms with E-state index < -0.39 is 0 Å². The topological polar surface area (TPSA) is 39.1 Å². The molecule has 1 aliphatic heterocycles. The molecule has 114 valence electrons. The summed E-state index contributed by atoms with van der Waals surface area (Å²) in [7, 11) is 0. The van der Waals surface area contributed by atoms with Crippen LogP contribution in [0.3, 0.4) is 0 Å². The Balaban J connectivity index is 1.76. The van der Waals surface area contributed by atoms with Gasteiger partial charge < -0.3 is 10.2 Å². The van der Waals surface area contributed by atoms with Crippen molar-refractivity contribution in [2.75, 3.05) is 5.32 Å². The van der Waals surface area contributed by atoms with Gasteiger partial charge in [0.1, 0.15) is 0 Å². The molecule has 3 rings (SSSR count). The predicted octanol–water partition coefficient (Wildman–Crippen LogP) is 4.29. The number of benzene rings is 2. The highest BCUT2D eigenvalue weighted by molar-refractivity contribution is 5.48. The molecule has 23 heavy (non-hydrogen) atoms. The van der Waals surface area contributed by atoms with Gasteiger partial charge in [-0.05, 0) is 30.3 Å². The largest absolute Gasteiger partial charge is 0.377 e. The first-order valence-corrected chi connectivity index (χ1v) is 7.75. The molecule has 1 N–H and O–H groups in total. The van der Waals surface area contributed by atoms with Crippen LogP contribution in [-0.2, 0) is 6.54 Å². The van der Waals surface area contributed by atoms with Crippen LogP contribution in [0.15, 0.2) is 84.7 Å². The van der Waals surface area contributed by atoms with Crippen molar-refractivity contribution in [3.05, 3.63) is 90.3 Å². The summed E-state index contributed by atoms with van der Waals surface area (Å²) in [5.74, 6) is 0. The van der Waals surface area contributed by atoms with Crippen molar-refractivity contribution in [2.24, 2.45) is 0 Å². The fraction of sp³-hybridized carbons (Fsp3) is 0.150. The van der Waals surface area contributed by atoms with Gasteiger partial charge >= 0.3 is 0 Å². The molecule has 0 spiro atoms. The molecular formula is C20H19N3. The van der Waals surface area contributed by atoms with Gasteiger partial charge in [-0.25, -0.2) is 0 Å². The maximum absolute atomic E-state index is 9.54. The van der Waals surface area contributed by atoms with E-state index in [4.69, 9.17) is 0 Å². The van der Waals surface area contributed by atoms with Crippen molar-refractivity contribution < 1.29 is 0 Å². The lowest BCUT2D eigenvalue weighted by Gasteiger charge is -2.18. The summed E-state index contributed by atoms with van der Waals surface area (Å²) in [6.45, 7) is 0.764. The summed E-state index contributed by atoms with van der Waals surface area (Å²) in [5, 5.41) is 13.0. The number of para-hydroxylation sites is 1. The van der Waals surface area contributed by atoms with E-state index in [2.05, 4.69) is 40.7 Å². The average Bonchev–Trinajstić information content (AvgIpc) is 2.79. The number of hydrogen-bond acceptors (Lipinski definition) is 3. The highest BCUT2D eigenvalue weighted by Gasteiger charge is 2.16. The Morgan fingerprint density at radius 3 is 2.43 bits per heavy atom. The number of hydrogen-bond donors (Lipinski definition) is 1. The van der Waals surface area contributed by atoms with Crippen LogP contribution in [0.25, 0.3) is 0 Å². The second kappa shape index (κ2) is 7.33. The maximum Gasteiger partial charge on any atom is 0.0984 e. The molecule has 0 unspecified atom stereocenters. The van der Waals surface area contributed by atoms with Gasteiger partial charge in [0, 0.05) is 18.4 Å². The molecule has 0 saturated heterocycles. The Labute approximate surface area is 137 Å². The molecule has 0 saturated carbocycles. The molecule has 1 atom stereocenters. The Bertz CT molecular complexity index is 726. The molecule has 0 aromatic heterocycles. The molecule has 3 nitrogen and oxygen atoms in total. The Morgan fingerprint density at radius 1 is 1.04 bits per heavy atom. The molecule has 0 bridgehead atoms. The van der Waals surface area contributed by atoms with Gasteiger partial charge in [0.15, 0.2) is 0 Å². The van der Waals surface area contributed by atoms with Gasteiger partial charge in [0.2, 0.25) is 0 Å². The first-order chi connectivity index (χ1) is 11.3. The highest BCUT2D eigenvalue weighted by Crippen LogP contribution is 2.19. The fourth-order valence-corrected chi connectivity index (χ4v) is 2.64. The van der Waals surface area contributed by atoms with E-state index in [0.29, 0.717) is 0 Å². The van der Waals surface area contributed by atoms with Crippen LogP contribution < -0.4 is 5.32 Å². The normalized spacial score (nSPS) is 17.1. The number of nitrogens with zero attached hydrogens (tertiary/aromatic N) is 2. The molecule has 0 amide bonds. The molecule has 2 aromatic rings. The summed E-state index contributed by atoms with van der Waals surface area (Å²) < 4.78 is 0. The van der Waals surface area contributed by atoms with E-state index in [1.54, 1.807) is 0 Å². The number of rotatable bonds is 4. The van der Waals surface area contributed by atoms with Crippen molar-refractivity contribution in [1.29, 1.82) is 5.26 Å². The standard InChI is InChI=1S/C20H19N3/c21-14-18-16-23(15-17-8-3-1-4-9-17)13-7-12-20(18)22-19-10-5-2-6-11-19/h1-11,13,16,20,22H,12,15H2/t20-/m0/s1. The van der Waals surface area contributed by atoms with Crippen molar-refractivity contribution in [2.45, 2.75) is 19.0 Å². The number of nitriles is 1. The Hall–Kier alpha value is -2.99. The third-order valence-corrected chi connectivity index (χ3v) is 3.80. The minimum atomic E-state index is -0.000534. The summed E-state index contributed by atoms with van der Waals surface area (Å²) >= 11 is 0. The van der Waals surface area contributed by atoms with Crippen LogP contribution in [-0.4, -0.2) is 10.9 Å². The van der Waals surface area contributed by atoms with Gasteiger partial charge in [-0.3, -0.25) is 0 Å². The maximum atomic E-state index is 9.54. The Kier molecular flexibility index (Phi) is 4.76. The van der Waals surface area contributed by atoms with E-state index in [1.807, 2.05) is 54.7 Å². The quantitative estimate of drug-likeness (QED) is 0.915. The highest BCUT2D eigenvalue weighted by atomic mass is 15.1. The van der Waals surface area contributed by atoms with Gasteiger partial charge in [0.25, 0.3) is 0 Å². The van der Waals surface area contributed by atoms with E-state index >= 15 is 0 Å². The zero-order valence-corrected chi connectivity index (χ0v) is 12.9. The van der Waals surface area contributed by atoms with Crippen LogP contribution in [0.1, 0.15) is 12.0 Å². The number of nitrogens with one attached hydrogen (secondary N) is 1. The molecule has 1 heterocycles.